The summed E-state index contributed by atoms with van der Waals surface area (Å²) in [5.41, 5.74) is 7.28. The van der Waals surface area contributed by atoms with Crippen molar-refractivity contribution in [3.05, 3.63) is 83.6 Å². The van der Waals surface area contributed by atoms with Gasteiger partial charge in [0, 0.05) is 6.42 Å². The van der Waals surface area contributed by atoms with E-state index in [1.807, 2.05) is 0 Å². The molecule has 1 atom stereocenters. The molecule has 0 spiro atoms. The molecule has 0 saturated carbocycles. The van der Waals surface area contributed by atoms with Gasteiger partial charge in [-0.2, -0.15) is 13.2 Å². The van der Waals surface area contributed by atoms with Crippen LogP contribution in [0.15, 0.2) is 59.6 Å². The van der Waals surface area contributed by atoms with Gasteiger partial charge in [0.05, 0.1) is 17.0 Å². The number of aromatic nitrogens is 1. The number of allylic oxidation sites excluding steroid dienone is 4. The molecular formula is C21H21F3N2O. The van der Waals surface area contributed by atoms with Gasteiger partial charge in [-0.3, -0.25) is 0 Å². The first kappa shape index (κ1) is 19.0. The van der Waals surface area contributed by atoms with Crippen molar-refractivity contribution in [2.75, 3.05) is 0 Å². The molecule has 0 fully saturated rings. The van der Waals surface area contributed by atoms with Crippen molar-refractivity contribution >= 4 is 5.70 Å². The Bertz CT molecular complexity index is 878. The summed E-state index contributed by atoms with van der Waals surface area (Å²) >= 11 is 0. The molecule has 0 bridgehead atoms. The van der Waals surface area contributed by atoms with E-state index in [0.29, 0.717) is 29.3 Å². The van der Waals surface area contributed by atoms with E-state index in [1.54, 1.807) is 30.4 Å². The van der Waals surface area contributed by atoms with Crippen molar-refractivity contribution in [3.63, 3.8) is 0 Å². The van der Waals surface area contributed by atoms with E-state index in [-0.39, 0.29) is 5.92 Å². The predicted octanol–water partition coefficient (Wildman–Crippen LogP) is 5.40. The summed E-state index contributed by atoms with van der Waals surface area (Å²) in [6.07, 6.45) is 5.31. The minimum Gasteiger partial charge on any atom is -0.440 e. The van der Waals surface area contributed by atoms with Crippen LogP contribution in [0.2, 0.25) is 0 Å². The number of hydrogen-bond donors (Lipinski definition) is 1. The average Bonchev–Trinajstić information content (AvgIpc) is 2.93. The normalized spacial score (nSPS) is 18.3. The zero-order valence-electron chi connectivity index (χ0n) is 14.8. The number of alkyl halides is 3. The summed E-state index contributed by atoms with van der Waals surface area (Å²) in [5, 5.41) is 0. The van der Waals surface area contributed by atoms with Crippen molar-refractivity contribution in [1.29, 1.82) is 0 Å². The molecule has 1 heterocycles. The number of fused-ring (bicyclic) bond motifs is 1. The van der Waals surface area contributed by atoms with Crippen LogP contribution in [0.25, 0.3) is 5.70 Å². The maximum Gasteiger partial charge on any atom is 0.416 e. The maximum absolute atomic E-state index is 13.0. The minimum atomic E-state index is -4.34. The third-order valence-electron chi connectivity index (χ3n) is 4.63. The second-order valence-corrected chi connectivity index (χ2v) is 6.55. The Kier molecular flexibility index (Phi) is 5.54. The average molecular weight is 374 g/mol. The number of rotatable bonds is 4. The Morgan fingerprint density at radius 1 is 1.30 bits per heavy atom. The number of nitrogens with two attached hydrogens (primary N) is 1. The van der Waals surface area contributed by atoms with Crippen LogP contribution >= 0.6 is 0 Å². The van der Waals surface area contributed by atoms with Crippen LogP contribution in [0.5, 0.6) is 0 Å². The van der Waals surface area contributed by atoms with Gasteiger partial charge in [0.25, 0.3) is 0 Å². The molecule has 0 aliphatic heterocycles. The van der Waals surface area contributed by atoms with Crippen LogP contribution in [-0.4, -0.2) is 4.98 Å². The lowest BCUT2D eigenvalue weighted by Crippen LogP contribution is -2.08. The fourth-order valence-corrected chi connectivity index (χ4v) is 3.27. The van der Waals surface area contributed by atoms with Crippen LogP contribution in [0.3, 0.4) is 0 Å². The number of nitrogens with zero attached hydrogens (tertiary/aromatic N) is 1. The predicted molar refractivity (Wildman–Crippen MR) is 98.8 cm³/mol. The van der Waals surface area contributed by atoms with Gasteiger partial charge >= 0.3 is 6.18 Å². The third-order valence-corrected chi connectivity index (χ3v) is 4.63. The van der Waals surface area contributed by atoms with E-state index < -0.39 is 11.7 Å². The first-order valence-electron chi connectivity index (χ1n) is 8.79. The van der Waals surface area contributed by atoms with E-state index in [0.717, 1.165) is 31.0 Å². The van der Waals surface area contributed by atoms with Gasteiger partial charge in [-0.05, 0) is 42.9 Å². The first-order valence-corrected chi connectivity index (χ1v) is 8.79. The molecular weight excluding hydrogens is 353 g/mol. The summed E-state index contributed by atoms with van der Waals surface area (Å²) in [6, 6.07) is 5.54. The number of aryl methyl sites for hydroxylation is 1. The fraction of sp³-hybridized carbons (Fsp3) is 0.286. The Morgan fingerprint density at radius 2 is 2.11 bits per heavy atom. The molecule has 1 aromatic carbocycles. The highest BCUT2D eigenvalue weighted by molar-refractivity contribution is 5.57. The first-order chi connectivity index (χ1) is 12.9. The quantitative estimate of drug-likeness (QED) is 0.576. The molecule has 3 rings (SSSR count). The molecule has 0 radical (unpaired) electrons. The standard InChI is InChI=1S/C21H21F3N2O/c1-2-3-4-10-17(25)20-26-18-11-6-8-15(13-19(18)27-20)14-7-5-9-16(12-14)21(22,23)24/h2-5,7,9-10,12,15H,1,6,8,11,13,25H2/b4-3-,17-10-. The van der Waals surface area contributed by atoms with E-state index >= 15 is 0 Å². The third kappa shape index (κ3) is 4.51. The second-order valence-electron chi connectivity index (χ2n) is 6.55. The molecule has 27 heavy (non-hydrogen) atoms. The number of halogens is 3. The van der Waals surface area contributed by atoms with Gasteiger partial charge in [0.2, 0.25) is 5.89 Å². The zero-order valence-corrected chi connectivity index (χ0v) is 14.8. The van der Waals surface area contributed by atoms with E-state index in [4.69, 9.17) is 10.2 Å². The van der Waals surface area contributed by atoms with Crippen molar-refractivity contribution in [2.45, 2.75) is 37.8 Å². The number of benzene rings is 1. The smallest absolute Gasteiger partial charge is 0.416 e. The highest BCUT2D eigenvalue weighted by Gasteiger charge is 2.31. The lowest BCUT2D eigenvalue weighted by molar-refractivity contribution is -0.137. The molecule has 142 valence electrons. The van der Waals surface area contributed by atoms with Crippen LogP contribution in [0.4, 0.5) is 13.2 Å². The largest absolute Gasteiger partial charge is 0.440 e. The summed E-state index contributed by atoms with van der Waals surface area (Å²) in [5.74, 6) is 1.01. The van der Waals surface area contributed by atoms with Crippen LogP contribution < -0.4 is 5.73 Å². The van der Waals surface area contributed by atoms with Crippen LogP contribution in [0.1, 0.15) is 47.2 Å². The summed E-state index contributed by atoms with van der Waals surface area (Å²) in [7, 11) is 0. The highest BCUT2D eigenvalue weighted by atomic mass is 19.4. The molecule has 0 amide bonds. The van der Waals surface area contributed by atoms with Gasteiger partial charge in [0.1, 0.15) is 5.76 Å². The van der Waals surface area contributed by atoms with Crippen molar-refractivity contribution in [3.8, 4) is 0 Å². The Hall–Kier alpha value is -2.76. The Balaban J connectivity index is 1.85. The summed E-state index contributed by atoms with van der Waals surface area (Å²) in [6.45, 7) is 3.59. The monoisotopic (exact) mass is 374 g/mol. The van der Waals surface area contributed by atoms with E-state index in [2.05, 4.69) is 11.6 Å². The number of oxazole rings is 1. The van der Waals surface area contributed by atoms with Gasteiger partial charge < -0.3 is 10.2 Å². The van der Waals surface area contributed by atoms with Crippen LogP contribution in [0, 0.1) is 0 Å². The molecule has 1 unspecified atom stereocenters. The minimum absolute atomic E-state index is 0.0415. The Labute approximate surface area is 156 Å². The molecule has 1 aliphatic rings. The van der Waals surface area contributed by atoms with Crippen molar-refractivity contribution in [2.24, 2.45) is 5.73 Å². The lowest BCUT2D eigenvalue weighted by atomic mass is 9.90. The zero-order chi connectivity index (χ0) is 19.4. The maximum atomic E-state index is 13.0. The highest BCUT2D eigenvalue weighted by Crippen LogP contribution is 2.36. The molecule has 6 heteroatoms. The summed E-state index contributed by atoms with van der Waals surface area (Å²) in [4.78, 5) is 4.47. The van der Waals surface area contributed by atoms with E-state index in [9.17, 15) is 13.2 Å². The number of hydrogen-bond acceptors (Lipinski definition) is 3. The topological polar surface area (TPSA) is 52.0 Å². The lowest BCUT2D eigenvalue weighted by Gasteiger charge is -2.16. The van der Waals surface area contributed by atoms with Gasteiger partial charge in [-0.1, -0.05) is 43.0 Å². The van der Waals surface area contributed by atoms with Gasteiger partial charge in [0.15, 0.2) is 0 Å². The SMILES string of the molecule is C=C/C=C\C=C(/N)c1nc2c(o1)CC(c1cccc(C(F)(F)F)c1)CCC2. The summed E-state index contributed by atoms with van der Waals surface area (Å²) < 4.78 is 44.9. The van der Waals surface area contributed by atoms with Gasteiger partial charge in [-0.15, -0.1) is 0 Å². The Morgan fingerprint density at radius 3 is 2.85 bits per heavy atom. The van der Waals surface area contributed by atoms with Crippen LogP contribution in [-0.2, 0) is 19.0 Å². The van der Waals surface area contributed by atoms with Crippen molar-refractivity contribution in [1.82, 2.24) is 4.98 Å². The fourth-order valence-electron chi connectivity index (χ4n) is 3.27. The molecule has 2 aromatic rings. The van der Waals surface area contributed by atoms with Crippen molar-refractivity contribution < 1.29 is 17.6 Å². The van der Waals surface area contributed by atoms with E-state index in [1.165, 1.54) is 12.1 Å². The second kappa shape index (κ2) is 7.86. The molecule has 3 nitrogen and oxygen atoms in total. The molecule has 1 aliphatic carbocycles. The molecule has 0 saturated heterocycles. The molecule has 2 N–H and O–H groups in total. The molecule has 1 aromatic heterocycles. The van der Waals surface area contributed by atoms with Gasteiger partial charge in [-0.25, -0.2) is 4.98 Å².